The molecule has 0 unspecified atom stereocenters. The van der Waals surface area contributed by atoms with Crippen LogP contribution in [0.3, 0.4) is 0 Å². The number of nitrogens with one attached hydrogen (secondary N) is 3. The number of benzene rings is 2. The summed E-state index contributed by atoms with van der Waals surface area (Å²) in [6.07, 6.45) is 5.35. The van der Waals surface area contributed by atoms with Gasteiger partial charge in [-0.2, -0.15) is 0 Å². The van der Waals surface area contributed by atoms with Crippen molar-refractivity contribution in [3.63, 3.8) is 0 Å². The molecule has 1 heterocycles. The minimum Gasteiger partial charge on any atom is -0.358 e. The van der Waals surface area contributed by atoms with Crippen LogP contribution in [0.2, 0.25) is 0 Å². The predicted molar refractivity (Wildman–Crippen MR) is 109 cm³/mol. The normalized spacial score (nSPS) is 13.7. The number of H-pyrrole nitrogens is 1. The van der Waals surface area contributed by atoms with Crippen LogP contribution in [0.1, 0.15) is 44.8 Å². The number of carbonyl (C=O) groups excluding carboxylic acids is 2. The third-order valence-corrected chi connectivity index (χ3v) is 6.34. The van der Waals surface area contributed by atoms with Crippen LogP contribution in [-0.2, 0) is 22.7 Å². The molecule has 0 fully saturated rings. The van der Waals surface area contributed by atoms with Crippen molar-refractivity contribution >= 4 is 32.6 Å². The van der Waals surface area contributed by atoms with Crippen molar-refractivity contribution in [3.05, 3.63) is 64.8 Å². The lowest BCUT2D eigenvalue weighted by Crippen LogP contribution is -2.41. The molecule has 0 bridgehead atoms. The fraction of sp³-hybridized carbons (Fsp3) is 0.238. The third kappa shape index (κ3) is 3.75. The lowest BCUT2D eigenvalue weighted by Gasteiger charge is -2.10. The summed E-state index contributed by atoms with van der Waals surface area (Å²) in [5.41, 5.74) is 8.76. The van der Waals surface area contributed by atoms with Gasteiger partial charge >= 0.3 is 0 Å². The molecule has 4 rings (SSSR count). The Labute approximate surface area is 168 Å². The average molecular weight is 411 g/mol. The Morgan fingerprint density at radius 2 is 1.62 bits per heavy atom. The number of aromatic nitrogens is 1. The van der Waals surface area contributed by atoms with E-state index < -0.39 is 21.7 Å². The van der Waals surface area contributed by atoms with Crippen LogP contribution >= 0.6 is 0 Å². The van der Waals surface area contributed by atoms with Gasteiger partial charge in [0.05, 0.1) is 16.0 Å². The summed E-state index contributed by atoms with van der Waals surface area (Å²) in [6, 6.07) is 11.1. The van der Waals surface area contributed by atoms with Crippen LogP contribution in [0.15, 0.2) is 47.4 Å². The number of hydrogen-bond donors (Lipinski definition) is 3. The van der Waals surface area contributed by atoms with Gasteiger partial charge in [-0.1, -0.05) is 12.1 Å². The van der Waals surface area contributed by atoms with Crippen molar-refractivity contribution < 1.29 is 18.0 Å². The van der Waals surface area contributed by atoms with E-state index in [1.165, 1.54) is 35.5 Å². The molecule has 0 aliphatic heterocycles. The van der Waals surface area contributed by atoms with Crippen molar-refractivity contribution in [2.75, 3.05) is 6.26 Å². The van der Waals surface area contributed by atoms with Crippen LogP contribution in [0, 0.1) is 0 Å². The van der Waals surface area contributed by atoms with Gasteiger partial charge in [0.15, 0.2) is 9.84 Å². The molecular formula is C21H21N3O4S. The number of hydrazine groups is 1. The molecule has 0 radical (unpaired) electrons. The minimum atomic E-state index is -3.33. The highest BCUT2D eigenvalue weighted by Crippen LogP contribution is 2.30. The second-order valence-electron chi connectivity index (χ2n) is 7.22. The standard InChI is InChI=1S/C21H21N3O4S/c1-29(27,28)14-11-9-13(10-12-14)20(25)23-24-21(26)17-7-4-6-16-15-5-2-3-8-18(15)22-19(16)17/h4,6-7,9-12,22H,2-3,5,8H2,1H3,(H,23,25)(H,24,26). The summed E-state index contributed by atoms with van der Waals surface area (Å²) in [5.74, 6) is -0.952. The second kappa shape index (κ2) is 7.36. The molecule has 150 valence electrons. The summed E-state index contributed by atoms with van der Waals surface area (Å²) in [4.78, 5) is 28.4. The number of para-hydroxylation sites is 1. The maximum Gasteiger partial charge on any atom is 0.271 e. The SMILES string of the molecule is CS(=O)(=O)c1ccc(C(=O)NNC(=O)c2cccc3c4c([nH]c23)CCCC4)cc1. The molecule has 1 aromatic heterocycles. The predicted octanol–water partition coefficient (Wildman–Crippen LogP) is 2.53. The van der Waals surface area contributed by atoms with E-state index in [0.29, 0.717) is 5.56 Å². The van der Waals surface area contributed by atoms with Gasteiger partial charge in [-0.3, -0.25) is 20.4 Å². The molecule has 1 aliphatic carbocycles. The van der Waals surface area contributed by atoms with Crippen LogP contribution in [0.4, 0.5) is 0 Å². The molecule has 2 amide bonds. The van der Waals surface area contributed by atoms with Gasteiger partial charge in [-0.15, -0.1) is 0 Å². The van der Waals surface area contributed by atoms with Crippen LogP contribution < -0.4 is 10.9 Å². The van der Waals surface area contributed by atoms with Gasteiger partial charge in [-0.25, -0.2) is 8.42 Å². The monoisotopic (exact) mass is 411 g/mol. The first-order valence-electron chi connectivity index (χ1n) is 9.38. The number of fused-ring (bicyclic) bond motifs is 3. The highest BCUT2D eigenvalue weighted by atomic mass is 32.2. The van der Waals surface area contributed by atoms with E-state index in [9.17, 15) is 18.0 Å². The second-order valence-corrected chi connectivity index (χ2v) is 9.24. The highest BCUT2D eigenvalue weighted by Gasteiger charge is 2.19. The molecule has 3 N–H and O–H groups in total. The van der Waals surface area contributed by atoms with Crippen molar-refractivity contribution in [2.24, 2.45) is 0 Å². The maximum absolute atomic E-state index is 12.7. The van der Waals surface area contributed by atoms with Gasteiger partial charge < -0.3 is 4.98 Å². The lowest BCUT2D eigenvalue weighted by molar-refractivity contribution is 0.0847. The number of sulfone groups is 1. The number of aryl methyl sites for hydroxylation is 2. The van der Waals surface area contributed by atoms with Crippen molar-refractivity contribution in [2.45, 2.75) is 30.6 Å². The molecule has 0 saturated carbocycles. The molecule has 0 spiro atoms. The van der Waals surface area contributed by atoms with Crippen LogP contribution in [0.5, 0.6) is 0 Å². The summed E-state index contributed by atoms with van der Waals surface area (Å²) in [7, 11) is -3.33. The van der Waals surface area contributed by atoms with E-state index in [2.05, 4.69) is 15.8 Å². The third-order valence-electron chi connectivity index (χ3n) is 5.21. The Morgan fingerprint density at radius 1 is 0.931 bits per heavy atom. The van der Waals surface area contributed by atoms with E-state index in [0.717, 1.165) is 42.8 Å². The summed E-state index contributed by atoms with van der Waals surface area (Å²) in [5, 5.41) is 1.05. The number of amides is 2. The zero-order valence-electron chi connectivity index (χ0n) is 15.9. The number of carbonyl (C=O) groups is 2. The zero-order chi connectivity index (χ0) is 20.6. The lowest BCUT2D eigenvalue weighted by atomic mass is 9.95. The maximum atomic E-state index is 12.7. The van der Waals surface area contributed by atoms with Crippen molar-refractivity contribution in [1.82, 2.24) is 15.8 Å². The van der Waals surface area contributed by atoms with Crippen molar-refractivity contribution in [3.8, 4) is 0 Å². The first kappa shape index (κ1) is 19.2. The Hall–Kier alpha value is -3.13. The largest absolute Gasteiger partial charge is 0.358 e. The number of aromatic amines is 1. The van der Waals surface area contributed by atoms with E-state index in [-0.39, 0.29) is 10.5 Å². The smallest absolute Gasteiger partial charge is 0.271 e. The molecule has 7 nitrogen and oxygen atoms in total. The van der Waals surface area contributed by atoms with E-state index >= 15 is 0 Å². The minimum absolute atomic E-state index is 0.125. The van der Waals surface area contributed by atoms with Crippen molar-refractivity contribution in [1.29, 1.82) is 0 Å². The Kier molecular flexibility index (Phi) is 4.87. The summed E-state index contributed by atoms with van der Waals surface area (Å²) >= 11 is 0. The van der Waals surface area contributed by atoms with Crippen LogP contribution in [0.25, 0.3) is 10.9 Å². The summed E-state index contributed by atoms with van der Waals surface area (Å²) < 4.78 is 23.0. The quantitative estimate of drug-likeness (QED) is 0.576. The topological polar surface area (TPSA) is 108 Å². The van der Waals surface area contributed by atoms with E-state index in [4.69, 9.17) is 0 Å². The molecule has 0 saturated heterocycles. The number of hydrogen-bond acceptors (Lipinski definition) is 4. The average Bonchev–Trinajstić information content (AvgIpc) is 3.10. The molecule has 29 heavy (non-hydrogen) atoms. The zero-order valence-corrected chi connectivity index (χ0v) is 16.7. The van der Waals surface area contributed by atoms with E-state index in [1.54, 1.807) is 6.07 Å². The van der Waals surface area contributed by atoms with Gasteiger partial charge in [0, 0.05) is 22.9 Å². The molecule has 8 heteroatoms. The van der Waals surface area contributed by atoms with Gasteiger partial charge in [-0.05, 0) is 61.6 Å². The fourth-order valence-corrected chi connectivity index (χ4v) is 4.36. The van der Waals surface area contributed by atoms with Gasteiger partial charge in [0.2, 0.25) is 0 Å². The Morgan fingerprint density at radius 3 is 2.34 bits per heavy atom. The Balaban J connectivity index is 1.50. The molecule has 1 aliphatic rings. The first-order chi connectivity index (χ1) is 13.8. The fourth-order valence-electron chi connectivity index (χ4n) is 3.73. The first-order valence-corrected chi connectivity index (χ1v) is 11.3. The van der Waals surface area contributed by atoms with E-state index in [1.807, 2.05) is 12.1 Å². The molecule has 0 atom stereocenters. The molecule has 2 aromatic carbocycles. The van der Waals surface area contributed by atoms with Gasteiger partial charge in [0.25, 0.3) is 11.8 Å². The Bertz CT molecular complexity index is 1210. The van der Waals surface area contributed by atoms with Crippen LogP contribution in [-0.4, -0.2) is 31.5 Å². The summed E-state index contributed by atoms with van der Waals surface area (Å²) in [6.45, 7) is 0. The highest BCUT2D eigenvalue weighted by molar-refractivity contribution is 7.90. The van der Waals surface area contributed by atoms with Gasteiger partial charge in [0.1, 0.15) is 0 Å². The number of rotatable bonds is 3. The molecular weight excluding hydrogens is 390 g/mol. The molecule has 3 aromatic rings.